The van der Waals surface area contributed by atoms with Crippen molar-refractivity contribution in [2.75, 3.05) is 11.9 Å². The molecule has 1 amide bonds. The minimum absolute atomic E-state index is 0.220. The van der Waals surface area contributed by atoms with E-state index >= 15 is 0 Å². The Morgan fingerprint density at radius 2 is 1.55 bits per heavy atom. The summed E-state index contributed by atoms with van der Waals surface area (Å²) in [5.74, 6) is -0.246. The van der Waals surface area contributed by atoms with Crippen LogP contribution in [-0.4, -0.2) is 28.5 Å². The van der Waals surface area contributed by atoms with Crippen molar-refractivity contribution < 1.29 is 4.79 Å². The van der Waals surface area contributed by atoms with Gasteiger partial charge in [0.1, 0.15) is 5.69 Å². The van der Waals surface area contributed by atoms with Crippen molar-refractivity contribution in [2.45, 2.75) is 18.9 Å². The maximum absolute atomic E-state index is 13.2. The van der Waals surface area contributed by atoms with Crippen molar-refractivity contribution in [3.05, 3.63) is 119 Å². The minimum atomic E-state index is -0.486. The van der Waals surface area contributed by atoms with Gasteiger partial charge in [-0.2, -0.15) is 0 Å². The normalized spacial score (nSPS) is 11.6. The van der Waals surface area contributed by atoms with Gasteiger partial charge in [0.05, 0.1) is 6.04 Å². The number of carbonyl (C=O) groups excluding carboxylic acids is 1. The topological polar surface area (TPSA) is 86.9 Å². The number of rotatable bonds is 9. The van der Waals surface area contributed by atoms with Crippen LogP contribution in [0.5, 0.6) is 0 Å². The number of hydrogen-bond donors (Lipinski definition) is 3. The van der Waals surface area contributed by atoms with Gasteiger partial charge in [-0.3, -0.25) is 14.6 Å². The third kappa shape index (κ3) is 6.24. The summed E-state index contributed by atoms with van der Waals surface area (Å²) in [5.41, 5.74) is 3.82. The van der Waals surface area contributed by atoms with E-state index in [1.165, 1.54) is 5.56 Å². The number of amides is 1. The summed E-state index contributed by atoms with van der Waals surface area (Å²) < 4.78 is 0. The van der Waals surface area contributed by atoms with Gasteiger partial charge in [0, 0.05) is 24.2 Å². The molecule has 0 aliphatic carbocycles. The van der Waals surface area contributed by atoms with Crippen LogP contribution in [-0.2, 0) is 17.6 Å². The molecule has 4 aromatic rings. The highest BCUT2D eigenvalue weighted by Crippen LogP contribution is 2.19. The number of carbonyl (C=O) groups is 1. The minimum Gasteiger partial charge on any atom is -0.327 e. The van der Waals surface area contributed by atoms with E-state index in [9.17, 15) is 9.59 Å². The van der Waals surface area contributed by atoms with Gasteiger partial charge in [-0.05, 0) is 54.3 Å². The summed E-state index contributed by atoms with van der Waals surface area (Å²) in [6.45, 7) is 0.641. The van der Waals surface area contributed by atoms with Crippen molar-refractivity contribution in [3.8, 4) is 11.1 Å². The number of anilines is 1. The highest BCUT2D eigenvalue weighted by atomic mass is 16.2. The molecule has 6 heteroatoms. The summed E-state index contributed by atoms with van der Waals surface area (Å²) in [4.78, 5) is 32.4. The van der Waals surface area contributed by atoms with E-state index in [2.05, 4.69) is 32.7 Å². The zero-order valence-electron chi connectivity index (χ0n) is 18.2. The van der Waals surface area contributed by atoms with Gasteiger partial charge >= 0.3 is 0 Å². The lowest BCUT2D eigenvalue weighted by atomic mass is 10.0. The molecule has 0 bridgehead atoms. The first kappa shape index (κ1) is 22.2. The molecule has 0 spiro atoms. The van der Waals surface area contributed by atoms with Gasteiger partial charge in [-0.15, -0.1) is 0 Å². The van der Waals surface area contributed by atoms with Gasteiger partial charge < -0.3 is 15.6 Å². The quantitative estimate of drug-likeness (QED) is 0.371. The van der Waals surface area contributed by atoms with Crippen molar-refractivity contribution in [2.24, 2.45) is 0 Å². The number of aromatic amines is 1. The van der Waals surface area contributed by atoms with Gasteiger partial charge in [0.2, 0.25) is 5.91 Å². The summed E-state index contributed by atoms with van der Waals surface area (Å²) in [6, 6.07) is 24.9. The average molecular weight is 439 g/mol. The molecule has 0 saturated carbocycles. The van der Waals surface area contributed by atoms with Crippen LogP contribution in [0.25, 0.3) is 11.1 Å². The smallest absolute Gasteiger partial charge is 0.271 e. The van der Waals surface area contributed by atoms with E-state index in [-0.39, 0.29) is 17.2 Å². The number of benzene rings is 2. The molecule has 0 radical (unpaired) electrons. The molecule has 0 saturated heterocycles. The Kier molecular flexibility index (Phi) is 7.40. The Morgan fingerprint density at radius 1 is 0.879 bits per heavy atom. The number of nitrogens with zero attached hydrogens (tertiary/aromatic N) is 1. The number of H-pyrrole nitrogens is 1. The van der Waals surface area contributed by atoms with Crippen molar-refractivity contribution in [3.63, 3.8) is 0 Å². The highest BCUT2D eigenvalue weighted by molar-refractivity contribution is 5.95. The van der Waals surface area contributed by atoms with Crippen LogP contribution in [0.3, 0.4) is 0 Å². The molecule has 0 fully saturated rings. The fourth-order valence-corrected chi connectivity index (χ4v) is 3.65. The van der Waals surface area contributed by atoms with E-state index < -0.39 is 6.04 Å². The molecule has 1 atom stereocenters. The SMILES string of the molecule is O=C(Nc1cc(-c2ccncc2)c[nH]c1=O)[C@H](Cc1ccccc1)NCCc1ccccc1. The zero-order valence-corrected chi connectivity index (χ0v) is 18.2. The predicted molar refractivity (Wildman–Crippen MR) is 131 cm³/mol. The second-order valence-electron chi connectivity index (χ2n) is 7.79. The first-order valence-corrected chi connectivity index (χ1v) is 10.9. The molecule has 2 aromatic heterocycles. The number of hydrogen-bond acceptors (Lipinski definition) is 4. The Bertz CT molecular complexity index is 1230. The average Bonchev–Trinajstić information content (AvgIpc) is 2.86. The number of aromatic nitrogens is 2. The van der Waals surface area contributed by atoms with E-state index in [0.717, 1.165) is 23.1 Å². The maximum atomic E-state index is 13.2. The molecule has 0 unspecified atom stereocenters. The lowest BCUT2D eigenvalue weighted by Crippen LogP contribution is -2.43. The third-order valence-electron chi connectivity index (χ3n) is 5.42. The molecular weight excluding hydrogens is 412 g/mol. The molecule has 166 valence electrons. The molecule has 33 heavy (non-hydrogen) atoms. The van der Waals surface area contributed by atoms with Crippen molar-refractivity contribution in [1.82, 2.24) is 15.3 Å². The second kappa shape index (κ2) is 11.0. The molecule has 2 heterocycles. The van der Waals surface area contributed by atoms with Crippen LogP contribution in [0.4, 0.5) is 5.69 Å². The molecule has 0 aliphatic rings. The van der Waals surface area contributed by atoms with Gasteiger partial charge in [0.25, 0.3) is 5.56 Å². The maximum Gasteiger partial charge on any atom is 0.271 e. The van der Waals surface area contributed by atoms with Crippen molar-refractivity contribution >= 4 is 11.6 Å². The fourth-order valence-electron chi connectivity index (χ4n) is 3.65. The van der Waals surface area contributed by atoms with Crippen LogP contribution in [0.1, 0.15) is 11.1 Å². The molecule has 2 aromatic carbocycles. The summed E-state index contributed by atoms with van der Waals surface area (Å²) >= 11 is 0. The first-order chi connectivity index (χ1) is 16.2. The second-order valence-corrected chi connectivity index (χ2v) is 7.79. The van der Waals surface area contributed by atoms with Crippen LogP contribution in [0.2, 0.25) is 0 Å². The summed E-state index contributed by atoms with van der Waals surface area (Å²) in [6.07, 6.45) is 6.32. The number of nitrogens with one attached hydrogen (secondary N) is 3. The van der Waals surface area contributed by atoms with Gasteiger partial charge in [-0.25, -0.2) is 0 Å². The summed E-state index contributed by atoms with van der Waals surface area (Å²) in [7, 11) is 0. The van der Waals surface area contributed by atoms with Gasteiger partial charge in [0.15, 0.2) is 0 Å². The molecule has 6 nitrogen and oxygen atoms in total. The van der Waals surface area contributed by atoms with Gasteiger partial charge in [-0.1, -0.05) is 60.7 Å². The fraction of sp³-hybridized carbons (Fsp3) is 0.148. The largest absolute Gasteiger partial charge is 0.327 e. The molecule has 4 rings (SSSR count). The van der Waals surface area contributed by atoms with Crippen LogP contribution in [0.15, 0.2) is 102 Å². The molecular formula is C27H26N4O2. The van der Waals surface area contributed by atoms with E-state index in [4.69, 9.17) is 0 Å². The lowest BCUT2D eigenvalue weighted by Gasteiger charge is -2.19. The number of pyridine rings is 2. The zero-order chi connectivity index (χ0) is 22.9. The lowest BCUT2D eigenvalue weighted by molar-refractivity contribution is -0.118. The first-order valence-electron chi connectivity index (χ1n) is 10.9. The Labute approximate surface area is 192 Å². The Morgan fingerprint density at radius 3 is 2.24 bits per heavy atom. The van der Waals surface area contributed by atoms with Crippen LogP contribution in [0, 0.1) is 0 Å². The van der Waals surface area contributed by atoms with Crippen molar-refractivity contribution in [1.29, 1.82) is 0 Å². The van der Waals surface area contributed by atoms with E-state index in [1.54, 1.807) is 24.7 Å². The standard InChI is InChI=1S/C27H26N4O2/c32-26-25(18-23(19-30-26)22-12-14-28-15-13-22)31-27(33)24(17-21-9-5-2-6-10-21)29-16-11-20-7-3-1-4-8-20/h1-10,12-15,18-19,24,29H,11,16-17H2,(H,30,32)(H,31,33)/t24-/m0/s1. The van der Waals surface area contributed by atoms with Crippen LogP contribution >= 0.6 is 0 Å². The monoisotopic (exact) mass is 438 g/mol. The Balaban J connectivity index is 1.50. The molecule has 0 aliphatic heterocycles. The van der Waals surface area contributed by atoms with Crippen LogP contribution < -0.4 is 16.2 Å². The van der Waals surface area contributed by atoms with E-state index in [0.29, 0.717) is 13.0 Å². The third-order valence-corrected chi connectivity index (χ3v) is 5.42. The predicted octanol–water partition coefficient (Wildman–Crippen LogP) is 3.82. The summed E-state index contributed by atoms with van der Waals surface area (Å²) in [5, 5.41) is 6.20. The van der Waals surface area contributed by atoms with E-state index in [1.807, 2.05) is 60.7 Å². The molecule has 3 N–H and O–H groups in total. The highest BCUT2D eigenvalue weighted by Gasteiger charge is 2.20. The Hall–Kier alpha value is -4.03.